The van der Waals surface area contributed by atoms with E-state index >= 15 is 0 Å². The zero-order valence-corrected chi connectivity index (χ0v) is 7.97. The Bertz CT molecular complexity index is 481. The van der Waals surface area contributed by atoms with E-state index in [1.54, 1.807) is 16.8 Å². The standard InChI is InChI=1S/C8H10BN3O2/c1-5-4-12-7(6(2)10-5)3-8(11-12)9(13)14/h3-4,13-14H,1-2H3. The topological polar surface area (TPSA) is 70.7 Å². The molecule has 2 heterocycles. The molecular weight excluding hydrogens is 181 g/mol. The summed E-state index contributed by atoms with van der Waals surface area (Å²) < 4.78 is 1.60. The number of aryl methyl sites for hydroxylation is 2. The van der Waals surface area contributed by atoms with Crippen molar-refractivity contribution in [3.05, 3.63) is 23.7 Å². The third kappa shape index (κ3) is 1.38. The first-order valence-corrected chi connectivity index (χ1v) is 4.27. The maximum atomic E-state index is 8.94. The molecule has 0 saturated carbocycles. The molecule has 0 bridgehead atoms. The number of hydrogen-bond donors (Lipinski definition) is 2. The molecule has 0 aromatic carbocycles. The average molecular weight is 191 g/mol. The predicted molar refractivity (Wildman–Crippen MR) is 52.3 cm³/mol. The molecule has 0 aliphatic heterocycles. The van der Waals surface area contributed by atoms with Crippen LogP contribution in [-0.2, 0) is 0 Å². The smallest absolute Gasteiger partial charge is 0.422 e. The Balaban J connectivity index is 2.70. The summed E-state index contributed by atoms with van der Waals surface area (Å²) in [5.41, 5.74) is 2.70. The molecule has 0 radical (unpaired) electrons. The van der Waals surface area contributed by atoms with E-state index in [9.17, 15) is 0 Å². The Kier molecular flexibility index (Phi) is 2.01. The van der Waals surface area contributed by atoms with Gasteiger partial charge in [-0.15, -0.1) is 0 Å². The van der Waals surface area contributed by atoms with Crippen LogP contribution >= 0.6 is 0 Å². The summed E-state index contributed by atoms with van der Waals surface area (Å²) in [6.45, 7) is 3.72. The van der Waals surface area contributed by atoms with Gasteiger partial charge in [-0.25, -0.2) is 4.52 Å². The third-order valence-corrected chi connectivity index (χ3v) is 2.04. The van der Waals surface area contributed by atoms with Crippen molar-refractivity contribution in [1.82, 2.24) is 14.6 Å². The van der Waals surface area contributed by atoms with E-state index in [4.69, 9.17) is 10.0 Å². The van der Waals surface area contributed by atoms with Crippen molar-refractivity contribution >= 4 is 18.2 Å². The second kappa shape index (κ2) is 3.07. The van der Waals surface area contributed by atoms with Gasteiger partial charge in [-0.1, -0.05) is 0 Å². The fourth-order valence-electron chi connectivity index (χ4n) is 1.44. The lowest BCUT2D eigenvalue weighted by atomic mass is 9.86. The molecule has 0 aliphatic carbocycles. The Morgan fingerprint density at radius 1 is 1.36 bits per heavy atom. The quantitative estimate of drug-likeness (QED) is 0.568. The highest BCUT2D eigenvalue weighted by molar-refractivity contribution is 6.57. The first kappa shape index (κ1) is 9.17. The van der Waals surface area contributed by atoms with Crippen molar-refractivity contribution in [2.24, 2.45) is 0 Å². The maximum absolute atomic E-state index is 8.94. The maximum Gasteiger partial charge on any atom is 0.510 e. The fourth-order valence-corrected chi connectivity index (χ4v) is 1.44. The Morgan fingerprint density at radius 3 is 2.71 bits per heavy atom. The van der Waals surface area contributed by atoms with Crippen molar-refractivity contribution in [2.75, 3.05) is 0 Å². The van der Waals surface area contributed by atoms with E-state index in [0.717, 1.165) is 16.9 Å². The van der Waals surface area contributed by atoms with Crippen LogP contribution in [0.2, 0.25) is 0 Å². The molecule has 0 spiro atoms. The Morgan fingerprint density at radius 2 is 2.07 bits per heavy atom. The summed E-state index contributed by atoms with van der Waals surface area (Å²) >= 11 is 0. The molecule has 0 fully saturated rings. The van der Waals surface area contributed by atoms with Gasteiger partial charge >= 0.3 is 7.12 Å². The highest BCUT2D eigenvalue weighted by Gasteiger charge is 2.16. The molecule has 0 unspecified atom stereocenters. The van der Waals surface area contributed by atoms with Crippen molar-refractivity contribution in [3.63, 3.8) is 0 Å². The van der Waals surface area contributed by atoms with E-state index in [0.29, 0.717) is 0 Å². The molecule has 2 N–H and O–H groups in total. The molecule has 2 aromatic heterocycles. The highest BCUT2D eigenvalue weighted by Crippen LogP contribution is 2.06. The number of rotatable bonds is 1. The van der Waals surface area contributed by atoms with Gasteiger partial charge in [-0.05, 0) is 19.9 Å². The van der Waals surface area contributed by atoms with E-state index < -0.39 is 7.12 Å². The summed E-state index contributed by atoms with van der Waals surface area (Å²) in [6, 6.07) is 1.62. The SMILES string of the molecule is Cc1cn2nc(B(O)O)cc2c(C)n1. The van der Waals surface area contributed by atoms with E-state index in [2.05, 4.69) is 10.1 Å². The minimum absolute atomic E-state index is 0.237. The minimum Gasteiger partial charge on any atom is -0.422 e. The number of nitrogens with zero attached hydrogens (tertiary/aromatic N) is 3. The molecule has 2 rings (SSSR count). The number of hydrogen-bond acceptors (Lipinski definition) is 4. The number of fused-ring (bicyclic) bond motifs is 1. The Hall–Kier alpha value is -1.40. The molecule has 0 atom stereocenters. The van der Waals surface area contributed by atoms with Crippen LogP contribution in [0.1, 0.15) is 11.4 Å². The van der Waals surface area contributed by atoms with Gasteiger partial charge in [-0.3, -0.25) is 4.98 Å². The van der Waals surface area contributed by atoms with Crippen molar-refractivity contribution in [3.8, 4) is 0 Å². The van der Waals surface area contributed by atoms with Crippen LogP contribution in [0, 0.1) is 13.8 Å². The summed E-state index contributed by atoms with van der Waals surface area (Å²) in [6.07, 6.45) is 1.74. The average Bonchev–Trinajstić information content (AvgIpc) is 2.47. The molecule has 6 heteroatoms. The fraction of sp³-hybridized carbons (Fsp3) is 0.250. The zero-order chi connectivity index (χ0) is 10.3. The molecule has 2 aromatic rings. The van der Waals surface area contributed by atoms with E-state index in [1.807, 2.05) is 13.8 Å². The Labute approximate surface area is 81.2 Å². The molecular formula is C8H10BN3O2. The van der Waals surface area contributed by atoms with E-state index in [-0.39, 0.29) is 5.59 Å². The largest absolute Gasteiger partial charge is 0.510 e. The first-order valence-electron chi connectivity index (χ1n) is 4.27. The van der Waals surface area contributed by atoms with Gasteiger partial charge in [-0.2, -0.15) is 5.10 Å². The lowest BCUT2D eigenvalue weighted by Crippen LogP contribution is -2.31. The van der Waals surface area contributed by atoms with Gasteiger partial charge in [0, 0.05) is 0 Å². The van der Waals surface area contributed by atoms with Gasteiger partial charge < -0.3 is 10.0 Å². The minimum atomic E-state index is -1.53. The summed E-state index contributed by atoms with van der Waals surface area (Å²) in [5.74, 6) is 0. The molecule has 5 nitrogen and oxygen atoms in total. The van der Waals surface area contributed by atoms with Crippen LogP contribution < -0.4 is 5.59 Å². The van der Waals surface area contributed by atoms with Gasteiger partial charge in [0.15, 0.2) is 0 Å². The monoisotopic (exact) mass is 191 g/mol. The zero-order valence-electron chi connectivity index (χ0n) is 7.97. The van der Waals surface area contributed by atoms with Crippen molar-refractivity contribution in [2.45, 2.75) is 13.8 Å². The van der Waals surface area contributed by atoms with Crippen molar-refractivity contribution in [1.29, 1.82) is 0 Å². The summed E-state index contributed by atoms with van der Waals surface area (Å²) in [5, 5.41) is 21.9. The second-order valence-electron chi connectivity index (χ2n) is 3.24. The number of aromatic nitrogens is 3. The van der Waals surface area contributed by atoms with Gasteiger partial charge in [0.2, 0.25) is 0 Å². The van der Waals surface area contributed by atoms with Crippen LogP contribution in [0.4, 0.5) is 0 Å². The second-order valence-corrected chi connectivity index (χ2v) is 3.24. The lowest BCUT2D eigenvalue weighted by Gasteiger charge is -1.98. The molecule has 0 aliphatic rings. The molecule has 0 saturated heterocycles. The first-order chi connectivity index (χ1) is 6.58. The van der Waals surface area contributed by atoms with Crippen LogP contribution in [0.5, 0.6) is 0 Å². The van der Waals surface area contributed by atoms with Crippen molar-refractivity contribution < 1.29 is 10.0 Å². The van der Waals surface area contributed by atoms with E-state index in [1.165, 1.54) is 0 Å². The molecule has 0 amide bonds. The van der Waals surface area contributed by atoms with Crippen LogP contribution in [-0.4, -0.2) is 31.8 Å². The highest BCUT2D eigenvalue weighted by atomic mass is 16.4. The van der Waals surface area contributed by atoms with Crippen LogP contribution in [0.15, 0.2) is 12.3 Å². The predicted octanol–water partition coefficient (Wildman–Crippen LogP) is -0.974. The van der Waals surface area contributed by atoms with Gasteiger partial charge in [0.25, 0.3) is 0 Å². The normalized spacial score (nSPS) is 10.9. The van der Waals surface area contributed by atoms with Crippen LogP contribution in [0.25, 0.3) is 5.52 Å². The lowest BCUT2D eigenvalue weighted by molar-refractivity contribution is 0.424. The van der Waals surface area contributed by atoms with Crippen LogP contribution in [0.3, 0.4) is 0 Å². The molecule has 14 heavy (non-hydrogen) atoms. The molecule has 72 valence electrons. The third-order valence-electron chi connectivity index (χ3n) is 2.04. The summed E-state index contributed by atoms with van der Waals surface area (Å²) in [7, 11) is -1.53. The van der Waals surface area contributed by atoms with Gasteiger partial charge in [0.05, 0.1) is 28.7 Å². The summed E-state index contributed by atoms with van der Waals surface area (Å²) in [4.78, 5) is 4.25. The van der Waals surface area contributed by atoms with Gasteiger partial charge in [0.1, 0.15) is 0 Å².